The number of carbonyl (C=O) groups excluding carboxylic acids is 1. The minimum absolute atomic E-state index is 0.248. The molecule has 100 valence electrons. The number of anilines is 1. The number of aromatic nitrogens is 3. The molecule has 0 bridgehead atoms. The van der Waals surface area contributed by atoms with Crippen molar-refractivity contribution in [1.82, 2.24) is 15.4 Å². The van der Waals surface area contributed by atoms with Gasteiger partial charge in [-0.15, -0.1) is 0 Å². The number of carbonyl (C=O) groups is 1. The monoisotopic (exact) mass is 262 g/mol. The van der Waals surface area contributed by atoms with Crippen LogP contribution in [0.15, 0.2) is 18.2 Å². The summed E-state index contributed by atoms with van der Waals surface area (Å²) >= 11 is 0. The summed E-state index contributed by atoms with van der Waals surface area (Å²) in [5.74, 6) is 0.802. The summed E-state index contributed by atoms with van der Waals surface area (Å²) < 4.78 is 10.3. The average Bonchev–Trinajstić information content (AvgIpc) is 2.85. The molecular weight excluding hydrogens is 248 g/mol. The molecule has 1 aromatic carbocycles. The van der Waals surface area contributed by atoms with Crippen LogP contribution in [-0.4, -0.2) is 35.5 Å². The zero-order valence-electron chi connectivity index (χ0n) is 10.9. The van der Waals surface area contributed by atoms with Crippen molar-refractivity contribution in [2.75, 3.05) is 19.5 Å². The molecule has 7 heteroatoms. The summed E-state index contributed by atoms with van der Waals surface area (Å²) in [7, 11) is 3.08. The molecule has 1 heterocycles. The molecule has 1 amide bonds. The maximum atomic E-state index is 12.0. The number of amides is 1. The Balaban J connectivity index is 2.24. The Morgan fingerprint density at radius 3 is 2.63 bits per heavy atom. The number of H-pyrrole nitrogens is 1. The molecule has 2 aromatic rings. The van der Waals surface area contributed by atoms with Crippen molar-refractivity contribution < 1.29 is 14.3 Å². The molecule has 2 rings (SSSR count). The van der Waals surface area contributed by atoms with E-state index in [9.17, 15) is 4.79 Å². The highest BCUT2D eigenvalue weighted by Crippen LogP contribution is 2.29. The lowest BCUT2D eigenvalue weighted by atomic mass is 10.2. The van der Waals surface area contributed by atoms with E-state index < -0.39 is 0 Å². The number of benzene rings is 1. The lowest BCUT2D eigenvalue weighted by molar-refractivity contribution is 0.102. The van der Waals surface area contributed by atoms with Gasteiger partial charge in [0.1, 0.15) is 11.5 Å². The van der Waals surface area contributed by atoms with Gasteiger partial charge >= 0.3 is 0 Å². The molecule has 0 aliphatic heterocycles. The number of hydrogen-bond acceptors (Lipinski definition) is 5. The Kier molecular flexibility index (Phi) is 3.65. The fraction of sp³-hybridized carbons (Fsp3) is 0.250. The van der Waals surface area contributed by atoms with Crippen LogP contribution in [0.2, 0.25) is 0 Å². The quantitative estimate of drug-likeness (QED) is 0.869. The number of rotatable bonds is 4. The first-order valence-corrected chi connectivity index (χ1v) is 5.56. The zero-order valence-corrected chi connectivity index (χ0v) is 10.9. The fourth-order valence-electron chi connectivity index (χ4n) is 1.58. The van der Waals surface area contributed by atoms with Crippen LogP contribution in [0.25, 0.3) is 0 Å². The normalized spacial score (nSPS) is 10.1. The third kappa shape index (κ3) is 2.65. The van der Waals surface area contributed by atoms with Crippen LogP contribution < -0.4 is 14.8 Å². The number of aryl methyl sites for hydroxylation is 1. The van der Waals surface area contributed by atoms with Crippen molar-refractivity contribution >= 4 is 11.6 Å². The van der Waals surface area contributed by atoms with Crippen LogP contribution in [0.3, 0.4) is 0 Å². The molecule has 0 atom stereocenters. The van der Waals surface area contributed by atoms with Crippen LogP contribution in [0.5, 0.6) is 11.5 Å². The Morgan fingerprint density at radius 2 is 2.05 bits per heavy atom. The number of nitrogens with zero attached hydrogens (tertiary/aromatic N) is 2. The maximum absolute atomic E-state index is 12.0. The van der Waals surface area contributed by atoms with E-state index in [0.29, 0.717) is 22.9 Å². The number of nitrogens with one attached hydrogen (secondary N) is 2. The molecule has 0 saturated carbocycles. The summed E-state index contributed by atoms with van der Waals surface area (Å²) in [5, 5.41) is 12.7. The van der Waals surface area contributed by atoms with Gasteiger partial charge in [-0.1, -0.05) is 0 Å². The SMILES string of the molecule is COc1ccc(NC(=O)c2n[nH]nc2C)c(OC)c1. The van der Waals surface area contributed by atoms with Crippen LogP contribution in [0.4, 0.5) is 5.69 Å². The second-order valence-corrected chi connectivity index (χ2v) is 3.78. The van der Waals surface area contributed by atoms with E-state index in [0.717, 1.165) is 0 Å². The number of ether oxygens (including phenoxy) is 2. The van der Waals surface area contributed by atoms with Gasteiger partial charge in [0.25, 0.3) is 5.91 Å². The first-order chi connectivity index (χ1) is 9.15. The molecular formula is C12H14N4O3. The molecule has 0 aliphatic carbocycles. The predicted molar refractivity (Wildman–Crippen MR) is 68.6 cm³/mol. The summed E-state index contributed by atoms with van der Waals surface area (Å²) in [5.41, 5.74) is 1.32. The Labute approximate surface area is 109 Å². The number of methoxy groups -OCH3 is 2. The highest BCUT2D eigenvalue weighted by Gasteiger charge is 2.15. The summed E-state index contributed by atoms with van der Waals surface area (Å²) in [6.07, 6.45) is 0. The second-order valence-electron chi connectivity index (χ2n) is 3.78. The van der Waals surface area contributed by atoms with Gasteiger partial charge in [0.15, 0.2) is 5.69 Å². The standard InChI is InChI=1S/C12H14N4O3/c1-7-11(15-16-14-7)12(17)13-9-5-4-8(18-2)6-10(9)19-3/h4-6H,1-3H3,(H,13,17)(H,14,15,16). The van der Waals surface area contributed by atoms with Gasteiger partial charge in [0, 0.05) is 6.07 Å². The van der Waals surface area contributed by atoms with Crippen molar-refractivity contribution in [3.8, 4) is 11.5 Å². The molecule has 0 fully saturated rings. The Morgan fingerprint density at radius 1 is 1.26 bits per heavy atom. The molecule has 0 spiro atoms. The maximum Gasteiger partial charge on any atom is 0.278 e. The lowest BCUT2D eigenvalue weighted by Crippen LogP contribution is -2.14. The van der Waals surface area contributed by atoms with Crippen molar-refractivity contribution in [1.29, 1.82) is 0 Å². The van der Waals surface area contributed by atoms with Gasteiger partial charge in [-0.2, -0.15) is 15.4 Å². The van der Waals surface area contributed by atoms with E-state index >= 15 is 0 Å². The van der Waals surface area contributed by atoms with Crippen molar-refractivity contribution in [3.05, 3.63) is 29.6 Å². The molecule has 2 N–H and O–H groups in total. The summed E-state index contributed by atoms with van der Waals surface area (Å²) in [4.78, 5) is 12.0. The minimum Gasteiger partial charge on any atom is -0.497 e. The van der Waals surface area contributed by atoms with Crippen LogP contribution >= 0.6 is 0 Å². The number of hydrogen-bond donors (Lipinski definition) is 2. The molecule has 19 heavy (non-hydrogen) atoms. The highest BCUT2D eigenvalue weighted by molar-refractivity contribution is 6.04. The van der Waals surface area contributed by atoms with E-state index in [4.69, 9.17) is 9.47 Å². The van der Waals surface area contributed by atoms with Gasteiger partial charge < -0.3 is 14.8 Å². The predicted octanol–water partition coefficient (Wildman–Crippen LogP) is 1.38. The van der Waals surface area contributed by atoms with Gasteiger partial charge in [0.05, 0.1) is 25.6 Å². The van der Waals surface area contributed by atoms with Crippen molar-refractivity contribution in [2.24, 2.45) is 0 Å². The third-order valence-corrected chi connectivity index (χ3v) is 2.59. The van der Waals surface area contributed by atoms with Crippen LogP contribution in [0, 0.1) is 6.92 Å². The summed E-state index contributed by atoms with van der Waals surface area (Å²) in [6.45, 7) is 1.70. The fourth-order valence-corrected chi connectivity index (χ4v) is 1.58. The first-order valence-electron chi connectivity index (χ1n) is 5.56. The minimum atomic E-state index is -0.352. The smallest absolute Gasteiger partial charge is 0.278 e. The molecule has 1 aromatic heterocycles. The van der Waals surface area contributed by atoms with Crippen LogP contribution in [0.1, 0.15) is 16.2 Å². The van der Waals surface area contributed by atoms with Gasteiger partial charge in [-0.3, -0.25) is 4.79 Å². The van der Waals surface area contributed by atoms with Crippen LogP contribution in [-0.2, 0) is 0 Å². The van der Waals surface area contributed by atoms with Crippen molar-refractivity contribution in [3.63, 3.8) is 0 Å². The van der Waals surface area contributed by atoms with E-state index in [-0.39, 0.29) is 11.6 Å². The zero-order chi connectivity index (χ0) is 13.8. The second kappa shape index (κ2) is 5.38. The third-order valence-electron chi connectivity index (χ3n) is 2.59. The van der Waals surface area contributed by atoms with Gasteiger partial charge in [-0.25, -0.2) is 0 Å². The van der Waals surface area contributed by atoms with Crippen molar-refractivity contribution in [2.45, 2.75) is 6.92 Å². The molecule has 7 nitrogen and oxygen atoms in total. The van der Waals surface area contributed by atoms with E-state index in [1.807, 2.05) is 0 Å². The van der Waals surface area contributed by atoms with E-state index in [1.165, 1.54) is 7.11 Å². The molecule has 0 aliphatic rings. The summed E-state index contributed by atoms with van der Waals surface area (Å²) in [6, 6.07) is 5.12. The van der Waals surface area contributed by atoms with E-state index in [1.54, 1.807) is 32.2 Å². The topological polar surface area (TPSA) is 89.1 Å². The van der Waals surface area contributed by atoms with Gasteiger partial charge in [0.2, 0.25) is 0 Å². The first kappa shape index (κ1) is 12.9. The average molecular weight is 262 g/mol. The largest absolute Gasteiger partial charge is 0.497 e. The lowest BCUT2D eigenvalue weighted by Gasteiger charge is -2.10. The van der Waals surface area contributed by atoms with Gasteiger partial charge in [-0.05, 0) is 19.1 Å². The Bertz CT molecular complexity index is 594. The number of aromatic amines is 1. The highest BCUT2D eigenvalue weighted by atomic mass is 16.5. The van der Waals surface area contributed by atoms with E-state index in [2.05, 4.69) is 20.7 Å². The molecule has 0 saturated heterocycles. The molecule has 0 radical (unpaired) electrons. The molecule has 0 unspecified atom stereocenters. The Hall–Kier alpha value is -2.57.